The van der Waals surface area contributed by atoms with Crippen molar-refractivity contribution in [1.29, 1.82) is 0 Å². The van der Waals surface area contributed by atoms with Crippen molar-refractivity contribution < 1.29 is 20.9 Å². The van der Waals surface area contributed by atoms with Crippen molar-refractivity contribution in [2.24, 2.45) is 11.8 Å². The molecule has 0 aromatic rings. The van der Waals surface area contributed by atoms with Crippen LogP contribution in [0.1, 0.15) is 99.8 Å². The number of amides is 1. The molecule has 2 saturated carbocycles. The Bertz CT molecular complexity index is 439. The summed E-state index contributed by atoms with van der Waals surface area (Å²) in [5.74, 6) is 0.868. The molecule has 1 amide bonds. The van der Waals surface area contributed by atoms with Gasteiger partial charge in [0.25, 0.3) is 0 Å². The van der Waals surface area contributed by atoms with E-state index in [0.29, 0.717) is 24.9 Å². The van der Waals surface area contributed by atoms with Crippen molar-refractivity contribution in [3.63, 3.8) is 0 Å². The van der Waals surface area contributed by atoms with Gasteiger partial charge in [-0.25, -0.2) is 0 Å². The van der Waals surface area contributed by atoms with E-state index >= 15 is 0 Å². The van der Waals surface area contributed by atoms with Gasteiger partial charge in [-0.2, -0.15) is 0 Å². The average molecular weight is 400 g/mol. The molecular weight excluding hydrogens is 354 g/mol. The highest BCUT2D eigenvalue weighted by molar-refractivity contribution is 5.83. The lowest BCUT2D eigenvalue weighted by molar-refractivity contribution is -0.127. The summed E-state index contributed by atoms with van der Waals surface area (Å²) in [5.41, 5.74) is 0. The molecule has 0 spiro atoms. The third kappa shape index (κ3) is 11.2. The molecule has 0 atom stereocenters. The second-order valence-electron chi connectivity index (χ2n) is 9.00. The van der Waals surface area contributed by atoms with Gasteiger partial charge in [0, 0.05) is 38.4 Å². The van der Waals surface area contributed by atoms with Crippen LogP contribution in [0.3, 0.4) is 0 Å². The van der Waals surface area contributed by atoms with Crippen LogP contribution in [-0.4, -0.2) is 41.7 Å². The lowest BCUT2D eigenvalue weighted by Crippen LogP contribution is -2.39. The monoisotopic (exact) mass is 399 g/mol. The molecule has 28 heavy (non-hydrogen) atoms. The van der Waals surface area contributed by atoms with E-state index in [2.05, 4.69) is 5.32 Å². The normalized spacial score (nSPS) is 23.2. The summed E-state index contributed by atoms with van der Waals surface area (Å²) in [7, 11) is 0. The molecule has 2 N–H and O–H groups in total. The highest BCUT2D eigenvalue weighted by Gasteiger charge is 2.28. The van der Waals surface area contributed by atoms with Gasteiger partial charge in [0.15, 0.2) is 0 Å². The number of carbonyl (C=O) groups is 2. The van der Waals surface area contributed by atoms with Crippen molar-refractivity contribution in [2.45, 2.75) is 117 Å². The third-order valence-electron chi connectivity index (χ3n) is 5.52. The van der Waals surface area contributed by atoms with Crippen LogP contribution in [0, 0.1) is 11.8 Å². The van der Waals surface area contributed by atoms with E-state index in [4.69, 9.17) is 9.84 Å². The summed E-state index contributed by atoms with van der Waals surface area (Å²) in [6.07, 6.45) is 11.6. The smallest absolute Gasteiger partial charge is 0.220 e. The predicted octanol–water partition coefficient (Wildman–Crippen LogP) is 4.65. The Hall–Kier alpha value is -0.940. The van der Waals surface area contributed by atoms with Gasteiger partial charge in [-0.1, -0.05) is 33.1 Å². The fourth-order valence-corrected chi connectivity index (χ4v) is 4.01. The van der Waals surface area contributed by atoms with Crippen LogP contribution in [0.4, 0.5) is 0 Å². The van der Waals surface area contributed by atoms with Gasteiger partial charge in [-0.15, -0.1) is 0 Å². The summed E-state index contributed by atoms with van der Waals surface area (Å²) < 4.78 is 5.87. The zero-order valence-corrected chi connectivity index (χ0v) is 18.5. The zero-order valence-electron chi connectivity index (χ0n) is 18.5. The van der Waals surface area contributed by atoms with E-state index in [1.54, 1.807) is 13.8 Å². The maximum Gasteiger partial charge on any atom is 0.220 e. The minimum atomic E-state index is -0.167. The standard InChI is InChI=1S/C20H35NO3.C3H8O.H2/c1-15(2)20(23)16-10-12-17(13-11-16)21-19(22)9-6-14-24-18-7-4-3-5-8-18;1-3(2)4;/h15-18H,3-14H2,1-2H3,(H,21,22);3-4H,1-2H3;1H. The largest absolute Gasteiger partial charge is 0.394 e. The molecular formula is C23H45NO4. The molecule has 2 fully saturated rings. The lowest BCUT2D eigenvalue weighted by Gasteiger charge is -2.29. The van der Waals surface area contributed by atoms with E-state index < -0.39 is 0 Å². The number of nitrogens with one attached hydrogen (secondary N) is 1. The Labute approximate surface area is 173 Å². The molecule has 0 saturated heterocycles. The second kappa shape index (κ2) is 14.1. The number of aliphatic hydroxyl groups is 1. The molecule has 0 aliphatic heterocycles. The SMILES string of the molecule is CC(C)C(=O)C1CCC(NC(=O)CCCOC2CCCCC2)CC1.CC(C)O.[HH]. The summed E-state index contributed by atoms with van der Waals surface area (Å²) in [4.78, 5) is 24.1. The van der Waals surface area contributed by atoms with Crippen molar-refractivity contribution in [2.75, 3.05) is 6.61 Å². The minimum Gasteiger partial charge on any atom is -0.394 e. The maximum absolute atomic E-state index is 12.1. The fraction of sp³-hybridized carbons (Fsp3) is 0.913. The first kappa shape index (κ1) is 25.1. The summed E-state index contributed by atoms with van der Waals surface area (Å²) >= 11 is 0. The van der Waals surface area contributed by atoms with E-state index in [1.807, 2.05) is 13.8 Å². The predicted molar refractivity (Wildman–Crippen MR) is 115 cm³/mol. The van der Waals surface area contributed by atoms with Crippen LogP contribution in [0.15, 0.2) is 0 Å². The van der Waals surface area contributed by atoms with Crippen LogP contribution in [0.2, 0.25) is 0 Å². The molecule has 0 radical (unpaired) electrons. The number of Topliss-reactive ketones (excluding diaryl/α,β-unsaturated/α-hetero) is 1. The molecule has 166 valence electrons. The first-order valence-electron chi connectivity index (χ1n) is 11.4. The number of hydrogen-bond donors (Lipinski definition) is 2. The number of ketones is 1. The highest BCUT2D eigenvalue weighted by atomic mass is 16.5. The zero-order chi connectivity index (χ0) is 20.9. The molecule has 0 bridgehead atoms. The average Bonchev–Trinajstić information content (AvgIpc) is 2.65. The van der Waals surface area contributed by atoms with Crippen molar-refractivity contribution in [3.8, 4) is 0 Å². The van der Waals surface area contributed by atoms with Gasteiger partial charge < -0.3 is 15.2 Å². The molecule has 2 rings (SSSR count). The first-order valence-corrected chi connectivity index (χ1v) is 11.4. The van der Waals surface area contributed by atoms with E-state index in [1.165, 1.54) is 32.1 Å². The topological polar surface area (TPSA) is 75.6 Å². The lowest BCUT2D eigenvalue weighted by atomic mass is 9.80. The number of hydrogen-bond acceptors (Lipinski definition) is 4. The number of aliphatic hydroxyl groups excluding tert-OH is 1. The highest BCUT2D eigenvalue weighted by Crippen LogP contribution is 2.27. The Morgan fingerprint density at radius 2 is 1.57 bits per heavy atom. The molecule has 5 nitrogen and oxygen atoms in total. The van der Waals surface area contributed by atoms with Crippen LogP contribution >= 0.6 is 0 Å². The quantitative estimate of drug-likeness (QED) is 0.583. The Kier molecular flexibility index (Phi) is 12.6. The Morgan fingerprint density at radius 1 is 1.00 bits per heavy atom. The van der Waals surface area contributed by atoms with E-state index in [-0.39, 0.29) is 31.3 Å². The molecule has 0 heterocycles. The van der Waals surface area contributed by atoms with Crippen LogP contribution < -0.4 is 5.32 Å². The number of rotatable bonds is 8. The summed E-state index contributed by atoms with van der Waals surface area (Å²) in [6.45, 7) is 8.10. The van der Waals surface area contributed by atoms with E-state index in [0.717, 1.165) is 32.1 Å². The number of ether oxygens (including phenoxy) is 1. The van der Waals surface area contributed by atoms with Gasteiger partial charge in [0.1, 0.15) is 5.78 Å². The fourth-order valence-electron chi connectivity index (χ4n) is 4.01. The van der Waals surface area contributed by atoms with Crippen molar-refractivity contribution in [1.82, 2.24) is 5.32 Å². The van der Waals surface area contributed by atoms with Gasteiger partial charge in [-0.05, 0) is 58.8 Å². The first-order chi connectivity index (χ1) is 13.3. The van der Waals surface area contributed by atoms with Gasteiger partial charge >= 0.3 is 0 Å². The summed E-state index contributed by atoms with van der Waals surface area (Å²) in [6, 6.07) is 0.257. The second-order valence-corrected chi connectivity index (χ2v) is 9.00. The minimum absolute atomic E-state index is 0. The molecule has 0 aromatic carbocycles. The van der Waals surface area contributed by atoms with Crippen LogP contribution in [0.5, 0.6) is 0 Å². The van der Waals surface area contributed by atoms with Crippen molar-refractivity contribution >= 4 is 11.7 Å². The van der Waals surface area contributed by atoms with Gasteiger partial charge in [-0.3, -0.25) is 9.59 Å². The molecule has 2 aliphatic carbocycles. The summed E-state index contributed by atoms with van der Waals surface area (Å²) in [5, 5.41) is 11.2. The van der Waals surface area contributed by atoms with Crippen LogP contribution in [-0.2, 0) is 14.3 Å². The molecule has 2 aliphatic rings. The van der Waals surface area contributed by atoms with Gasteiger partial charge in [0.05, 0.1) is 6.10 Å². The van der Waals surface area contributed by atoms with Gasteiger partial charge in [0.2, 0.25) is 5.91 Å². The maximum atomic E-state index is 12.1. The molecule has 5 heteroatoms. The Morgan fingerprint density at radius 3 is 2.11 bits per heavy atom. The Balaban J connectivity index is 0.00000143. The number of carbonyl (C=O) groups excluding carboxylic acids is 2. The third-order valence-corrected chi connectivity index (χ3v) is 5.52. The van der Waals surface area contributed by atoms with E-state index in [9.17, 15) is 9.59 Å². The molecule has 0 aromatic heterocycles. The van der Waals surface area contributed by atoms with Crippen molar-refractivity contribution in [3.05, 3.63) is 0 Å². The van der Waals surface area contributed by atoms with Crippen LogP contribution in [0.25, 0.3) is 0 Å². The molecule has 0 unspecified atom stereocenters.